The minimum Gasteiger partial charge on any atom is -0.361 e. The van der Waals surface area contributed by atoms with Crippen LogP contribution in [0.5, 0.6) is 0 Å². The Bertz CT molecular complexity index is 930. The number of nitrogens with one attached hydrogen (secondary N) is 2. The van der Waals surface area contributed by atoms with Gasteiger partial charge >= 0.3 is 0 Å². The number of rotatable bonds is 6. The van der Waals surface area contributed by atoms with Gasteiger partial charge in [-0.1, -0.05) is 30.3 Å². The fourth-order valence-electron chi connectivity index (χ4n) is 3.08. The molecule has 0 aliphatic rings. The molecule has 0 atom stereocenters. The molecule has 2 aromatic carbocycles. The highest BCUT2D eigenvalue weighted by atomic mass is 16.2. The van der Waals surface area contributed by atoms with Crippen LogP contribution in [0.15, 0.2) is 54.7 Å². The van der Waals surface area contributed by atoms with E-state index in [2.05, 4.69) is 10.3 Å². The number of nitrogens with zero attached hydrogens (tertiary/aromatic N) is 1. The summed E-state index contributed by atoms with van der Waals surface area (Å²) in [7, 11) is 0. The summed E-state index contributed by atoms with van der Waals surface area (Å²) in [6.07, 6.45) is 2.19. The Morgan fingerprint density at radius 3 is 2.69 bits per heavy atom. The SMILES string of the molecule is CC(=O)N(CCNC(=O)Cc1c[nH]c2ccccc12)c1cccc(C)c1. The molecule has 3 rings (SSSR count). The van der Waals surface area contributed by atoms with E-state index >= 15 is 0 Å². The second-order valence-electron chi connectivity index (χ2n) is 6.40. The molecule has 5 heteroatoms. The zero-order valence-electron chi connectivity index (χ0n) is 15.1. The van der Waals surface area contributed by atoms with Crippen LogP contribution in [0.1, 0.15) is 18.1 Å². The fourth-order valence-corrected chi connectivity index (χ4v) is 3.08. The van der Waals surface area contributed by atoms with Crippen LogP contribution in [-0.2, 0) is 16.0 Å². The molecule has 0 saturated carbocycles. The Hall–Kier alpha value is -3.08. The van der Waals surface area contributed by atoms with Crippen molar-refractivity contribution in [1.29, 1.82) is 0 Å². The number of carbonyl (C=O) groups excluding carboxylic acids is 2. The molecule has 0 aliphatic heterocycles. The van der Waals surface area contributed by atoms with Crippen LogP contribution in [0, 0.1) is 6.92 Å². The Balaban J connectivity index is 1.57. The van der Waals surface area contributed by atoms with Crippen molar-refractivity contribution in [3.63, 3.8) is 0 Å². The van der Waals surface area contributed by atoms with Gasteiger partial charge in [-0.2, -0.15) is 0 Å². The van der Waals surface area contributed by atoms with Crippen LogP contribution in [0.2, 0.25) is 0 Å². The molecular weight excluding hydrogens is 326 g/mol. The molecule has 0 spiro atoms. The minimum atomic E-state index is -0.0532. The second-order valence-corrected chi connectivity index (χ2v) is 6.40. The number of aromatic nitrogens is 1. The topological polar surface area (TPSA) is 65.2 Å². The van der Waals surface area contributed by atoms with Crippen LogP contribution in [0.3, 0.4) is 0 Å². The third-order valence-corrected chi connectivity index (χ3v) is 4.38. The first-order valence-electron chi connectivity index (χ1n) is 8.71. The zero-order chi connectivity index (χ0) is 18.5. The number of H-pyrrole nitrogens is 1. The van der Waals surface area contributed by atoms with Crippen molar-refractivity contribution in [2.75, 3.05) is 18.0 Å². The Labute approximate surface area is 153 Å². The van der Waals surface area contributed by atoms with Gasteiger partial charge in [0.2, 0.25) is 11.8 Å². The number of para-hydroxylation sites is 1. The summed E-state index contributed by atoms with van der Waals surface area (Å²) >= 11 is 0. The van der Waals surface area contributed by atoms with E-state index in [1.54, 1.807) is 4.90 Å². The molecule has 0 radical (unpaired) electrons. The maximum atomic E-state index is 12.3. The van der Waals surface area contributed by atoms with E-state index in [0.29, 0.717) is 19.5 Å². The van der Waals surface area contributed by atoms with Crippen molar-refractivity contribution < 1.29 is 9.59 Å². The van der Waals surface area contributed by atoms with Crippen LogP contribution in [-0.4, -0.2) is 29.9 Å². The van der Waals surface area contributed by atoms with Gasteiger partial charge in [0, 0.05) is 42.8 Å². The third-order valence-electron chi connectivity index (χ3n) is 4.38. The van der Waals surface area contributed by atoms with E-state index in [4.69, 9.17) is 0 Å². The molecule has 134 valence electrons. The highest BCUT2D eigenvalue weighted by molar-refractivity contribution is 5.92. The molecule has 26 heavy (non-hydrogen) atoms. The van der Waals surface area contributed by atoms with Crippen LogP contribution >= 0.6 is 0 Å². The summed E-state index contributed by atoms with van der Waals surface area (Å²) in [4.78, 5) is 29.1. The van der Waals surface area contributed by atoms with Gasteiger partial charge in [-0.25, -0.2) is 0 Å². The van der Waals surface area contributed by atoms with E-state index in [9.17, 15) is 9.59 Å². The van der Waals surface area contributed by atoms with Crippen molar-refractivity contribution in [3.8, 4) is 0 Å². The van der Waals surface area contributed by atoms with Gasteiger partial charge in [-0.3, -0.25) is 9.59 Å². The number of aryl methyl sites for hydroxylation is 1. The maximum Gasteiger partial charge on any atom is 0.224 e. The molecule has 1 heterocycles. The Morgan fingerprint density at radius 1 is 1.12 bits per heavy atom. The van der Waals surface area contributed by atoms with E-state index in [1.807, 2.05) is 61.7 Å². The van der Waals surface area contributed by atoms with E-state index in [-0.39, 0.29) is 11.8 Å². The monoisotopic (exact) mass is 349 g/mol. The standard InChI is InChI=1S/C21H23N3O2/c1-15-6-5-7-18(12-15)24(16(2)25)11-10-22-21(26)13-17-14-23-20-9-4-3-8-19(17)20/h3-9,12,14,23H,10-11,13H2,1-2H3,(H,22,26). The van der Waals surface area contributed by atoms with E-state index in [1.165, 1.54) is 6.92 Å². The van der Waals surface area contributed by atoms with Crippen molar-refractivity contribution in [2.24, 2.45) is 0 Å². The number of hydrogen-bond donors (Lipinski definition) is 2. The zero-order valence-corrected chi connectivity index (χ0v) is 15.1. The van der Waals surface area contributed by atoms with Gasteiger partial charge in [0.25, 0.3) is 0 Å². The highest BCUT2D eigenvalue weighted by Crippen LogP contribution is 2.18. The molecule has 2 amide bonds. The lowest BCUT2D eigenvalue weighted by Gasteiger charge is -2.21. The number of amides is 2. The predicted octanol–water partition coefficient (Wildman–Crippen LogP) is 3.19. The molecule has 2 N–H and O–H groups in total. The summed E-state index contributed by atoms with van der Waals surface area (Å²) in [6.45, 7) is 4.38. The summed E-state index contributed by atoms with van der Waals surface area (Å²) < 4.78 is 0. The van der Waals surface area contributed by atoms with Gasteiger partial charge in [0.15, 0.2) is 0 Å². The summed E-state index contributed by atoms with van der Waals surface area (Å²) in [5.74, 6) is -0.0935. The Morgan fingerprint density at radius 2 is 1.92 bits per heavy atom. The number of anilines is 1. The average molecular weight is 349 g/mol. The lowest BCUT2D eigenvalue weighted by atomic mass is 10.1. The first-order valence-corrected chi connectivity index (χ1v) is 8.71. The lowest BCUT2D eigenvalue weighted by molar-refractivity contribution is -0.121. The molecule has 0 aliphatic carbocycles. The van der Waals surface area contributed by atoms with Gasteiger partial charge in [-0.15, -0.1) is 0 Å². The van der Waals surface area contributed by atoms with Gasteiger partial charge in [0.1, 0.15) is 0 Å². The van der Waals surface area contributed by atoms with Gasteiger partial charge in [-0.05, 0) is 36.2 Å². The minimum absolute atomic E-state index is 0.0403. The number of benzene rings is 2. The van der Waals surface area contributed by atoms with E-state index in [0.717, 1.165) is 27.7 Å². The predicted molar refractivity (Wildman–Crippen MR) is 104 cm³/mol. The molecule has 0 bridgehead atoms. The lowest BCUT2D eigenvalue weighted by Crippen LogP contribution is -2.38. The first kappa shape index (κ1) is 17.7. The number of aromatic amines is 1. The summed E-state index contributed by atoms with van der Waals surface area (Å²) in [6, 6.07) is 15.7. The number of carbonyl (C=O) groups is 2. The summed E-state index contributed by atoms with van der Waals surface area (Å²) in [5, 5.41) is 3.97. The average Bonchev–Trinajstić information content (AvgIpc) is 3.01. The van der Waals surface area contributed by atoms with Crippen LogP contribution in [0.4, 0.5) is 5.69 Å². The quantitative estimate of drug-likeness (QED) is 0.718. The maximum absolute atomic E-state index is 12.3. The molecule has 1 aromatic heterocycles. The van der Waals surface area contributed by atoms with Crippen molar-refractivity contribution in [1.82, 2.24) is 10.3 Å². The normalized spacial score (nSPS) is 10.7. The van der Waals surface area contributed by atoms with Gasteiger partial charge in [0.05, 0.1) is 6.42 Å². The number of fused-ring (bicyclic) bond motifs is 1. The second kappa shape index (κ2) is 7.87. The van der Waals surface area contributed by atoms with Crippen molar-refractivity contribution in [2.45, 2.75) is 20.3 Å². The van der Waals surface area contributed by atoms with Gasteiger partial charge < -0.3 is 15.2 Å². The van der Waals surface area contributed by atoms with Crippen LogP contribution in [0.25, 0.3) is 10.9 Å². The molecular formula is C21H23N3O2. The van der Waals surface area contributed by atoms with Crippen LogP contribution < -0.4 is 10.2 Å². The van der Waals surface area contributed by atoms with E-state index < -0.39 is 0 Å². The first-order chi connectivity index (χ1) is 12.5. The Kier molecular flexibility index (Phi) is 5.37. The molecule has 0 saturated heterocycles. The van der Waals surface area contributed by atoms with Crippen molar-refractivity contribution in [3.05, 3.63) is 65.9 Å². The largest absolute Gasteiger partial charge is 0.361 e. The number of hydrogen-bond acceptors (Lipinski definition) is 2. The highest BCUT2D eigenvalue weighted by Gasteiger charge is 2.13. The molecule has 0 unspecified atom stereocenters. The molecule has 0 fully saturated rings. The fraction of sp³-hybridized carbons (Fsp3) is 0.238. The summed E-state index contributed by atoms with van der Waals surface area (Å²) in [5.41, 5.74) is 3.94. The van der Waals surface area contributed by atoms with Crippen molar-refractivity contribution >= 4 is 28.4 Å². The molecule has 3 aromatic rings. The smallest absolute Gasteiger partial charge is 0.224 e. The molecule has 5 nitrogen and oxygen atoms in total. The third kappa shape index (κ3) is 4.11.